The van der Waals surface area contributed by atoms with Crippen molar-refractivity contribution in [1.82, 2.24) is 9.97 Å². The lowest BCUT2D eigenvalue weighted by atomic mass is 10.1. The number of anilines is 1. The zero-order valence-corrected chi connectivity index (χ0v) is 16.7. The number of amides is 1. The second-order valence-electron chi connectivity index (χ2n) is 7.17. The molecular weight excluding hydrogens is 438 g/mol. The number of imidazole rings is 1. The summed E-state index contributed by atoms with van der Waals surface area (Å²) in [4.78, 5) is 30.8. The summed E-state index contributed by atoms with van der Waals surface area (Å²) in [7, 11) is 0. The van der Waals surface area contributed by atoms with Crippen LogP contribution in [-0.2, 0) is 0 Å². The van der Waals surface area contributed by atoms with E-state index in [1.165, 1.54) is 18.2 Å². The van der Waals surface area contributed by atoms with E-state index >= 15 is 0 Å². The van der Waals surface area contributed by atoms with Crippen molar-refractivity contribution in [2.45, 2.75) is 0 Å². The highest BCUT2D eigenvalue weighted by atomic mass is 19.1. The van der Waals surface area contributed by atoms with E-state index in [-0.39, 0.29) is 41.7 Å². The Labute approximate surface area is 184 Å². The van der Waals surface area contributed by atoms with E-state index in [2.05, 4.69) is 15.3 Å². The van der Waals surface area contributed by atoms with Gasteiger partial charge in [0.25, 0.3) is 11.6 Å². The zero-order valence-electron chi connectivity index (χ0n) is 16.7. The maximum absolute atomic E-state index is 14.1. The van der Waals surface area contributed by atoms with Crippen molar-refractivity contribution >= 4 is 28.3 Å². The Hall–Kier alpha value is -4.54. The molecule has 5 rings (SSSR count). The number of benzene rings is 3. The summed E-state index contributed by atoms with van der Waals surface area (Å²) >= 11 is 0. The minimum Gasteiger partial charge on any atom is -0.486 e. The fraction of sp³-hybridized carbons (Fsp3) is 0.0909. The molecule has 1 amide bonds. The van der Waals surface area contributed by atoms with Gasteiger partial charge in [0.05, 0.1) is 27.6 Å². The molecule has 4 aromatic rings. The van der Waals surface area contributed by atoms with Crippen LogP contribution in [-0.4, -0.2) is 34.0 Å². The molecule has 0 bridgehead atoms. The first kappa shape index (κ1) is 20.4. The third-order valence-electron chi connectivity index (χ3n) is 5.03. The van der Waals surface area contributed by atoms with Crippen molar-refractivity contribution in [2.75, 3.05) is 18.5 Å². The molecule has 2 heterocycles. The van der Waals surface area contributed by atoms with Crippen LogP contribution in [0.25, 0.3) is 22.4 Å². The molecule has 0 saturated carbocycles. The first-order chi connectivity index (χ1) is 15.9. The summed E-state index contributed by atoms with van der Waals surface area (Å²) in [5.41, 5.74) is 0.551. The summed E-state index contributed by atoms with van der Waals surface area (Å²) in [6.07, 6.45) is 0. The smallest absolute Gasteiger partial charge is 0.286 e. The fourth-order valence-corrected chi connectivity index (χ4v) is 3.50. The Balaban J connectivity index is 1.46. The number of nitrogens with zero attached hydrogens (tertiary/aromatic N) is 2. The highest BCUT2D eigenvalue weighted by Gasteiger charge is 2.26. The van der Waals surface area contributed by atoms with Crippen LogP contribution in [0.5, 0.6) is 11.5 Å². The molecule has 3 aromatic carbocycles. The number of carbonyl (C=O) groups excluding carboxylic acids is 1. The first-order valence-electron chi connectivity index (χ1n) is 9.73. The number of nitro benzene ring substituents is 1. The quantitative estimate of drug-likeness (QED) is 0.349. The number of hydrogen-bond acceptors (Lipinski definition) is 6. The molecule has 0 radical (unpaired) electrons. The van der Waals surface area contributed by atoms with Gasteiger partial charge in [0, 0.05) is 11.8 Å². The van der Waals surface area contributed by atoms with Gasteiger partial charge in [-0.1, -0.05) is 0 Å². The van der Waals surface area contributed by atoms with Crippen molar-refractivity contribution in [3.63, 3.8) is 0 Å². The molecule has 9 nitrogen and oxygen atoms in total. The van der Waals surface area contributed by atoms with E-state index < -0.39 is 28.2 Å². The Bertz CT molecular complexity index is 1440. The van der Waals surface area contributed by atoms with Gasteiger partial charge in [0.1, 0.15) is 36.2 Å². The molecule has 0 atom stereocenters. The van der Waals surface area contributed by atoms with Crippen molar-refractivity contribution in [2.24, 2.45) is 0 Å². The minimum absolute atomic E-state index is 0.0383. The third-order valence-corrected chi connectivity index (χ3v) is 5.03. The number of aromatic amines is 1. The van der Waals surface area contributed by atoms with Crippen LogP contribution >= 0.6 is 0 Å². The highest BCUT2D eigenvalue weighted by molar-refractivity contribution is 6.08. The molecule has 33 heavy (non-hydrogen) atoms. The average molecular weight is 452 g/mol. The lowest BCUT2D eigenvalue weighted by Gasteiger charge is -2.18. The number of H-pyrrole nitrogens is 1. The molecular formula is C22H14F2N4O5. The van der Waals surface area contributed by atoms with E-state index in [9.17, 15) is 23.7 Å². The predicted molar refractivity (Wildman–Crippen MR) is 113 cm³/mol. The summed E-state index contributed by atoms with van der Waals surface area (Å²) in [5, 5.41) is 14.1. The van der Waals surface area contributed by atoms with Gasteiger partial charge in [-0.15, -0.1) is 0 Å². The van der Waals surface area contributed by atoms with Crippen molar-refractivity contribution in [3.05, 3.63) is 75.8 Å². The van der Waals surface area contributed by atoms with Crippen LogP contribution in [0.2, 0.25) is 0 Å². The highest BCUT2D eigenvalue weighted by Crippen LogP contribution is 2.37. The summed E-state index contributed by atoms with van der Waals surface area (Å²) in [5.74, 6) is -1.43. The van der Waals surface area contributed by atoms with Crippen LogP contribution in [0.1, 0.15) is 10.4 Å². The number of carbonyl (C=O) groups is 1. The molecule has 0 saturated heterocycles. The van der Waals surface area contributed by atoms with E-state index in [0.29, 0.717) is 16.7 Å². The molecule has 1 aromatic heterocycles. The normalized spacial score (nSPS) is 12.5. The predicted octanol–water partition coefficient (Wildman–Crippen LogP) is 4.44. The van der Waals surface area contributed by atoms with Crippen molar-refractivity contribution in [3.8, 4) is 22.9 Å². The fourth-order valence-electron chi connectivity index (χ4n) is 3.50. The summed E-state index contributed by atoms with van der Waals surface area (Å²) in [6.45, 7) is 0.512. The topological polar surface area (TPSA) is 119 Å². The first-order valence-corrected chi connectivity index (χ1v) is 9.73. The van der Waals surface area contributed by atoms with Gasteiger partial charge in [-0.2, -0.15) is 0 Å². The second kappa shape index (κ2) is 7.86. The van der Waals surface area contributed by atoms with E-state index in [4.69, 9.17) is 9.47 Å². The van der Waals surface area contributed by atoms with Crippen LogP contribution in [0.3, 0.4) is 0 Å². The molecule has 0 spiro atoms. The van der Waals surface area contributed by atoms with E-state index in [1.807, 2.05) is 0 Å². The van der Waals surface area contributed by atoms with Gasteiger partial charge in [-0.3, -0.25) is 14.9 Å². The van der Waals surface area contributed by atoms with E-state index in [0.717, 1.165) is 24.3 Å². The number of nitro groups is 1. The Morgan fingerprint density at radius 3 is 2.58 bits per heavy atom. The molecule has 0 unspecified atom stereocenters. The average Bonchev–Trinajstić information content (AvgIpc) is 3.23. The standard InChI is InChI=1S/C22H14F2N4O5/c23-11-1-3-15(24)13(7-11)21-26-16-4-2-12(8-17(16)27-21)25-22(29)14-9-19-20(33-6-5-32-19)10-18(14)28(30)31/h1-4,7-10H,5-6H2,(H,25,29)(H,26,27). The minimum atomic E-state index is -0.728. The van der Waals surface area contributed by atoms with Crippen LogP contribution in [0.15, 0.2) is 48.5 Å². The van der Waals surface area contributed by atoms with Crippen LogP contribution in [0.4, 0.5) is 20.2 Å². The number of hydrogen-bond donors (Lipinski definition) is 2. The molecule has 1 aliphatic heterocycles. The molecule has 11 heteroatoms. The molecule has 0 fully saturated rings. The molecule has 0 aliphatic carbocycles. The summed E-state index contributed by atoms with van der Waals surface area (Å²) in [6, 6.07) is 10.1. The van der Waals surface area contributed by atoms with Gasteiger partial charge >= 0.3 is 0 Å². The van der Waals surface area contributed by atoms with Gasteiger partial charge in [-0.05, 0) is 36.4 Å². The van der Waals surface area contributed by atoms with Crippen LogP contribution in [0, 0.1) is 21.7 Å². The number of nitrogens with one attached hydrogen (secondary N) is 2. The number of ether oxygens (including phenoxy) is 2. The van der Waals surface area contributed by atoms with Gasteiger partial charge < -0.3 is 19.8 Å². The number of halogens is 2. The SMILES string of the molecule is O=C(Nc1ccc2nc(-c3cc(F)ccc3F)[nH]c2c1)c1cc2c(cc1[N+](=O)[O-])OCCO2. The molecule has 2 N–H and O–H groups in total. The summed E-state index contributed by atoms with van der Waals surface area (Å²) < 4.78 is 38.4. The van der Waals surface area contributed by atoms with Crippen molar-refractivity contribution in [1.29, 1.82) is 0 Å². The second-order valence-corrected chi connectivity index (χ2v) is 7.17. The van der Waals surface area contributed by atoms with Gasteiger partial charge in [0.2, 0.25) is 0 Å². The van der Waals surface area contributed by atoms with E-state index in [1.54, 1.807) is 6.07 Å². The maximum atomic E-state index is 14.1. The Morgan fingerprint density at radius 2 is 1.82 bits per heavy atom. The lowest BCUT2D eigenvalue weighted by molar-refractivity contribution is -0.385. The number of rotatable bonds is 4. The van der Waals surface area contributed by atoms with Gasteiger partial charge in [0.15, 0.2) is 11.5 Å². The Morgan fingerprint density at radius 1 is 1.06 bits per heavy atom. The molecule has 1 aliphatic rings. The third kappa shape index (κ3) is 3.80. The molecule has 166 valence electrons. The van der Waals surface area contributed by atoms with Crippen molar-refractivity contribution < 1.29 is 28.0 Å². The van der Waals surface area contributed by atoms with Crippen LogP contribution < -0.4 is 14.8 Å². The van der Waals surface area contributed by atoms with Gasteiger partial charge in [-0.25, -0.2) is 13.8 Å². The largest absolute Gasteiger partial charge is 0.486 e. The maximum Gasteiger partial charge on any atom is 0.286 e. The Kier molecular flexibility index (Phi) is 4.85. The monoisotopic (exact) mass is 452 g/mol. The number of fused-ring (bicyclic) bond motifs is 2. The lowest BCUT2D eigenvalue weighted by Crippen LogP contribution is -2.18. The zero-order chi connectivity index (χ0) is 23.1. The number of aromatic nitrogens is 2.